The van der Waals surface area contributed by atoms with Crippen LogP contribution in [0, 0.1) is 0 Å². The lowest BCUT2D eigenvalue weighted by Crippen LogP contribution is -2.06. The average Bonchev–Trinajstić information content (AvgIpc) is 1.78. The molecule has 0 rings (SSSR count). The molecule has 11 heavy (non-hydrogen) atoms. The van der Waals surface area contributed by atoms with Crippen LogP contribution in [-0.4, -0.2) is 11.4 Å². The van der Waals surface area contributed by atoms with Gasteiger partial charge in [-0.25, -0.2) is 0 Å². The van der Waals surface area contributed by atoms with Gasteiger partial charge in [-0.05, 0) is 24.4 Å². The Bertz CT molecular complexity index is 132. The number of unbranched alkanes of at least 4 members (excludes halogenated alkanes) is 1. The SMILES string of the molecule is O=C(Cl)CCCCC(F)(F)F. The van der Waals surface area contributed by atoms with Crippen molar-refractivity contribution in [2.24, 2.45) is 0 Å². The third kappa shape index (κ3) is 9.75. The van der Waals surface area contributed by atoms with E-state index in [1.165, 1.54) is 0 Å². The highest BCUT2D eigenvalue weighted by atomic mass is 35.5. The summed E-state index contributed by atoms with van der Waals surface area (Å²) in [4.78, 5) is 10.1. The maximum atomic E-state index is 11.5. The first kappa shape index (κ1) is 10.8. The zero-order valence-corrected chi connectivity index (χ0v) is 6.50. The molecule has 0 radical (unpaired) electrons. The van der Waals surface area contributed by atoms with Crippen LogP contribution in [0.1, 0.15) is 25.7 Å². The van der Waals surface area contributed by atoms with Crippen molar-refractivity contribution in [1.29, 1.82) is 0 Å². The summed E-state index contributed by atoms with van der Waals surface area (Å²) in [7, 11) is 0. The van der Waals surface area contributed by atoms with Gasteiger partial charge in [0.2, 0.25) is 5.24 Å². The van der Waals surface area contributed by atoms with E-state index in [0.29, 0.717) is 0 Å². The molecule has 0 bridgehead atoms. The van der Waals surface area contributed by atoms with E-state index in [4.69, 9.17) is 11.6 Å². The first-order chi connectivity index (χ1) is 4.92. The van der Waals surface area contributed by atoms with Crippen molar-refractivity contribution < 1.29 is 18.0 Å². The lowest BCUT2D eigenvalue weighted by molar-refractivity contribution is -0.136. The summed E-state index contributed by atoms with van der Waals surface area (Å²) in [5, 5.41) is -0.577. The minimum atomic E-state index is -4.12. The second-order valence-electron chi connectivity index (χ2n) is 2.18. The van der Waals surface area contributed by atoms with Gasteiger partial charge in [0.1, 0.15) is 0 Å². The second-order valence-corrected chi connectivity index (χ2v) is 2.60. The fourth-order valence-corrected chi connectivity index (χ4v) is 0.723. The Kier molecular flexibility index (Phi) is 4.49. The number of hydrogen-bond donors (Lipinski definition) is 0. The van der Waals surface area contributed by atoms with Crippen molar-refractivity contribution in [1.82, 2.24) is 0 Å². The molecule has 0 aliphatic carbocycles. The molecule has 0 saturated carbocycles. The number of alkyl halides is 3. The molecule has 0 aliphatic rings. The highest BCUT2D eigenvalue weighted by Crippen LogP contribution is 2.22. The van der Waals surface area contributed by atoms with Gasteiger partial charge in [-0.1, -0.05) is 0 Å². The van der Waals surface area contributed by atoms with Crippen LogP contribution < -0.4 is 0 Å². The molecule has 5 heteroatoms. The topological polar surface area (TPSA) is 17.1 Å². The summed E-state index contributed by atoms with van der Waals surface area (Å²) in [5.41, 5.74) is 0. The second kappa shape index (κ2) is 4.59. The number of rotatable bonds is 4. The van der Waals surface area contributed by atoms with Crippen LogP contribution in [0.4, 0.5) is 13.2 Å². The Labute approximate surface area is 67.5 Å². The van der Waals surface area contributed by atoms with E-state index >= 15 is 0 Å². The predicted octanol–water partition coefficient (Wildman–Crippen LogP) is 2.87. The van der Waals surface area contributed by atoms with Crippen LogP contribution in [0.5, 0.6) is 0 Å². The maximum Gasteiger partial charge on any atom is 0.389 e. The van der Waals surface area contributed by atoms with Gasteiger partial charge in [0.15, 0.2) is 0 Å². The Hall–Kier alpha value is -0.250. The highest BCUT2D eigenvalue weighted by Gasteiger charge is 2.25. The molecule has 0 spiro atoms. The summed E-state index contributed by atoms with van der Waals surface area (Å²) < 4.78 is 34.4. The summed E-state index contributed by atoms with van der Waals surface area (Å²) in [6.07, 6.45) is -4.74. The summed E-state index contributed by atoms with van der Waals surface area (Å²) in [6, 6.07) is 0. The third-order valence-corrected chi connectivity index (χ3v) is 1.27. The Morgan fingerprint density at radius 1 is 1.27 bits per heavy atom. The molecule has 1 nitrogen and oxygen atoms in total. The fourth-order valence-electron chi connectivity index (χ4n) is 0.589. The molecular formula is C6H8ClF3O. The lowest BCUT2D eigenvalue weighted by atomic mass is 10.2. The van der Waals surface area contributed by atoms with Crippen LogP contribution in [0.25, 0.3) is 0 Å². The Balaban J connectivity index is 3.22. The highest BCUT2D eigenvalue weighted by molar-refractivity contribution is 6.63. The molecule has 0 atom stereocenters. The smallest absolute Gasteiger partial charge is 0.281 e. The zero-order chi connectivity index (χ0) is 8.91. The van der Waals surface area contributed by atoms with E-state index in [1.807, 2.05) is 0 Å². The molecule has 0 N–H and O–H groups in total. The fraction of sp³-hybridized carbons (Fsp3) is 0.833. The molecule has 0 aromatic heterocycles. The number of hydrogen-bond acceptors (Lipinski definition) is 1. The van der Waals surface area contributed by atoms with Crippen LogP contribution in [-0.2, 0) is 4.79 Å². The van der Waals surface area contributed by atoms with Gasteiger partial charge in [0, 0.05) is 12.8 Å². The van der Waals surface area contributed by atoms with E-state index in [2.05, 4.69) is 0 Å². The summed E-state index contributed by atoms with van der Waals surface area (Å²) >= 11 is 4.91. The van der Waals surface area contributed by atoms with Crippen LogP contribution in [0.3, 0.4) is 0 Å². The van der Waals surface area contributed by atoms with Gasteiger partial charge in [-0.3, -0.25) is 4.79 Å². The minimum Gasteiger partial charge on any atom is -0.281 e. The third-order valence-electron chi connectivity index (χ3n) is 1.08. The van der Waals surface area contributed by atoms with Crippen LogP contribution in [0.2, 0.25) is 0 Å². The molecule has 0 unspecified atom stereocenters. The monoisotopic (exact) mass is 188 g/mol. The van der Waals surface area contributed by atoms with E-state index < -0.39 is 17.8 Å². The molecule has 0 aromatic rings. The van der Waals surface area contributed by atoms with Crippen molar-refractivity contribution >= 4 is 16.8 Å². The van der Waals surface area contributed by atoms with Gasteiger partial charge in [0.25, 0.3) is 0 Å². The van der Waals surface area contributed by atoms with Crippen molar-refractivity contribution in [3.8, 4) is 0 Å². The predicted molar refractivity (Wildman–Crippen MR) is 35.4 cm³/mol. The van der Waals surface area contributed by atoms with Gasteiger partial charge in [-0.2, -0.15) is 13.2 Å². The average molecular weight is 189 g/mol. The Morgan fingerprint density at radius 2 is 1.82 bits per heavy atom. The molecular weight excluding hydrogens is 181 g/mol. The molecule has 0 aliphatic heterocycles. The quantitative estimate of drug-likeness (QED) is 0.490. The largest absolute Gasteiger partial charge is 0.389 e. The first-order valence-corrected chi connectivity index (χ1v) is 3.55. The first-order valence-electron chi connectivity index (χ1n) is 3.17. The zero-order valence-electron chi connectivity index (χ0n) is 5.75. The molecule has 0 fully saturated rings. The Morgan fingerprint density at radius 3 is 2.18 bits per heavy atom. The van der Waals surface area contributed by atoms with Crippen LogP contribution >= 0.6 is 11.6 Å². The molecule has 0 heterocycles. The van der Waals surface area contributed by atoms with Crippen molar-refractivity contribution in [2.75, 3.05) is 0 Å². The maximum absolute atomic E-state index is 11.5. The van der Waals surface area contributed by atoms with Gasteiger partial charge < -0.3 is 0 Å². The molecule has 0 aromatic carbocycles. The van der Waals surface area contributed by atoms with Gasteiger partial charge in [-0.15, -0.1) is 0 Å². The van der Waals surface area contributed by atoms with E-state index in [1.54, 1.807) is 0 Å². The van der Waals surface area contributed by atoms with Crippen molar-refractivity contribution in [3.05, 3.63) is 0 Å². The summed E-state index contributed by atoms with van der Waals surface area (Å²) in [5.74, 6) is 0. The van der Waals surface area contributed by atoms with Crippen molar-refractivity contribution in [2.45, 2.75) is 31.9 Å². The molecule has 0 saturated heterocycles. The molecule has 0 amide bonds. The number of carbonyl (C=O) groups excluding carboxylic acids is 1. The summed E-state index contributed by atoms with van der Waals surface area (Å²) in [6.45, 7) is 0. The van der Waals surface area contributed by atoms with E-state index in [-0.39, 0.29) is 19.3 Å². The van der Waals surface area contributed by atoms with Gasteiger partial charge >= 0.3 is 6.18 Å². The number of halogens is 4. The normalized spacial score (nSPS) is 11.6. The van der Waals surface area contributed by atoms with Crippen LogP contribution in [0.15, 0.2) is 0 Å². The van der Waals surface area contributed by atoms with Crippen molar-refractivity contribution in [3.63, 3.8) is 0 Å². The lowest BCUT2D eigenvalue weighted by Gasteiger charge is -2.03. The minimum absolute atomic E-state index is 0.0254. The van der Waals surface area contributed by atoms with E-state index in [0.717, 1.165) is 0 Å². The van der Waals surface area contributed by atoms with E-state index in [9.17, 15) is 18.0 Å². The number of carbonyl (C=O) groups is 1. The molecule has 66 valence electrons. The standard InChI is InChI=1S/C6H8ClF3O/c7-5(11)3-1-2-4-6(8,9)10/h1-4H2. The van der Waals surface area contributed by atoms with Gasteiger partial charge in [0.05, 0.1) is 0 Å².